The van der Waals surface area contributed by atoms with Crippen molar-refractivity contribution in [3.05, 3.63) is 81.9 Å². The number of benzene rings is 3. The minimum Gasteiger partial charge on any atom is -0.0610 e. The zero-order chi connectivity index (χ0) is 26.9. The summed E-state index contributed by atoms with van der Waals surface area (Å²) in [6.07, 6.45) is 0. The zero-order valence-electron chi connectivity index (χ0n) is 25.0. The third-order valence-corrected chi connectivity index (χ3v) is 7.60. The van der Waals surface area contributed by atoms with Crippen LogP contribution in [0.25, 0.3) is 22.3 Å². The van der Waals surface area contributed by atoms with E-state index in [2.05, 4.69) is 132 Å². The van der Waals surface area contributed by atoms with Gasteiger partial charge in [0.25, 0.3) is 0 Å². The first-order valence-electron chi connectivity index (χ1n) is 14.2. The van der Waals surface area contributed by atoms with Crippen molar-refractivity contribution in [3.63, 3.8) is 0 Å². The van der Waals surface area contributed by atoms with Crippen LogP contribution in [0.5, 0.6) is 0 Å². The Kier molecular flexibility index (Phi) is 8.92. The maximum Gasteiger partial charge on any atom is -0.00139 e. The second-order valence-electron chi connectivity index (χ2n) is 12.6. The van der Waals surface area contributed by atoms with Crippen molar-refractivity contribution in [3.8, 4) is 22.3 Å². The molecule has 0 N–H and O–H groups in total. The fourth-order valence-electron chi connectivity index (χ4n) is 5.29. The molecule has 3 aromatic rings. The Morgan fingerprint density at radius 1 is 0.417 bits per heavy atom. The average molecular weight is 482 g/mol. The highest BCUT2D eigenvalue weighted by molar-refractivity contribution is 5.80. The summed E-state index contributed by atoms with van der Waals surface area (Å²) in [4.78, 5) is 0. The van der Waals surface area contributed by atoms with Gasteiger partial charge in [0.2, 0.25) is 0 Å². The first kappa shape index (κ1) is 28.2. The van der Waals surface area contributed by atoms with Gasteiger partial charge in [0, 0.05) is 0 Å². The normalized spacial score (nSPS) is 12.3. The molecule has 193 valence electrons. The predicted octanol–water partition coefficient (Wildman–Crippen LogP) is 11.6. The van der Waals surface area contributed by atoms with Crippen molar-refractivity contribution >= 4 is 0 Å². The van der Waals surface area contributed by atoms with Crippen LogP contribution < -0.4 is 0 Å². The van der Waals surface area contributed by atoms with E-state index in [0.29, 0.717) is 35.5 Å². The summed E-state index contributed by atoms with van der Waals surface area (Å²) >= 11 is 0. The topological polar surface area (TPSA) is 0 Å². The molecule has 0 unspecified atom stereocenters. The van der Waals surface area contributed by atoms with E-state index in [4.69, 9.17) is 0 Å². The summed E-state index contributed by atoms with van der Waals surface area (Å²) in [5, 5.41) is 0. The summed E-state index contributed by atoms with van der Waals surface area (Å²) < 4.78 is 0. The quantitative estimate of drug-likeness (QED) is 0.300. The Morgan fingerprint density at radius 3 is 0.917 bits per heavy atom. The van der Waals surface area contributed by atoms with Crippen molar-refractivity contribution in [1.29, 1.82) is 0 Å². The molecule has 0 saturated heterocycles. The van der Waals surface area contributed by atoms with Gasteiger partial charge in [-0.15, -0.1) is 0 Å². The van der Waals surface area contributed by atoms with Crippen LogP contribution in [0.2, 0.25) is 0 Å². The molecule has 1 radical (unpaired) electrons. The summed E-state index contributed by atoms with van der Waals surface area (Å²) in [6, 6.07) is 20.6. The number of rotatable bonds is 8. The molecule has 3 rings (SSSR count). The van der Waals surface area contributed by atoms with Crippen molar-refractivity contribution in [2.75, 3.05) is 0 Å². The maximum atomic E-state index is 3.96. The predicted molar refractivity (Wildman–Crippen MR) is 161 cm³/mol. The van der Waals surface area contributed by atoms with Crippen molar-refractivity contribution in [1.82, 2.24) is 0 Å². The zero-order valence-corrected chi connectivity index (χ0v) is 25.0. The van der Waals surface area contributed by atoms with Gasteiger partial charge < -0.3 is 0 Å². The van der Waals surface area contributed by atoms with Gasteiger partial charge in [0.15, 0.2) is 0 Å². The summed E-state index contributed by atoms with van der Waals surface area (Å²) in [7, 11) is 0. The molecule has 0 spiro atoms. The second-order valence-corrected chi connectivity index (χ2v) is 12.6. The van der Waals surface area contributed by atoms with E-state index in [0.717, 1.165) is 0 Å². The highest BCUT2D eigenvalue weighted by atomic mass is 14.3. The van der Waals surface area contributed by atoms with E-state index in [1.165, 1.54) is 55.6 Å². The Labute approximate surface area is 222 Å². The van der Waals surface area contributed by atoms with E-state index in [-0.39, 0.29) is 0 Å². The molecular formula is C36H49. The van der Waals surface area contributed by atoms with Gasteiger partial charge in [-0.05, 0) is 97.2 Å². The van der Waals surface area contributed by atoms with E-state index in [1.807, 2.05) is 0 Å². The molecule has 0 aliphatic rings. The summed E-state index contributed by atoms with van der Waals surface area (Å²) in [6.45, 7) is 27.8. The first-order valence-corrected chi connectivity index (χ1v) is 14.2. The molecule has 0 amide bonds. The molecule has 0 aromatic heterocycles. The van der Waals surface area contributed by atoms with Gasteiger partial charge in [-0.25, -0.2) is 0 Å². The third-order valence-electron chi connectivity index (χ3n) is 7.60. The standard InChI is InChI=1S/C36H49/c1-21(2)29-17-31(23(5)6)35(32(18-29)24(7)8)27-14-13-15-28(16-27)36-33(25(9)10)19-30(22(3)4)20-34(36)26(11)12/h13-15,17-26H,1-12H3. The van der Waals surface area contributed by atoms with E-state index in [9.17, 15) is 0 Å². The minimum absolute atomic E-state index is 0.455. The van der Waals surface area contributed by atoms with Crippen LogP contribution in [0.15, 0.2) is 42.5 Å². The molecule has 0 nitrogen and oxygen atoms in total. The monoisotopic (exact) mass is 481 g/mol. The van der Waals surface area contributed by atoms with Gasteiger partial charge in [0.1, 0.15) is 0 Å². The highest BCUT2D eigenvalue weighted by Crippen LogP contribution is 2.42. The average Bonchev–Trinajstić information content (AvgIpc) is 2.81. The van der Waals surface area contributed by atoms with Crippen molar-refractivity contribution in [2.45, 2.75) is 119 Å². The summed E-state index contributed by atoms with van der Waals surface area (Å²) in [5.74, 6) is 2.86. The Balaban J connectivity index is 2.36. The number of hydrogen-bond donors (Lipinski definition) is 0. The maximum absolute atomic E-state index is 3.96. The van der Waals surface area contributed by atoms with E-state index < -0.39 is 0 Å². The smallest absolute Gasteiger partial charge is 0.00139 e. The first-order chi connectivity index (χ1) is 16.8. The molecule has 0 fully saturated rings. The number of hydrogen-bond acceptors (Lipinski definition) is 0. The lowest BCUT2D eigenvalue weighted by atomic mass is 9.79. The lowest BCUT2D eigenvalue weighted by molar-refractivity contribution is 0.807. The Bertz CT molecular complexity index is 1040. The van der Waals surface area contributed by atoms with Crippen molar-refractivity contribution < 1.29 is 0 Å². The van der Waals surface area contributed by atoms with Gasteiger partial charge in [0.05, 0.1) is 0 Å². The fraction of sp³-hybridized carbons (Fsp3) is 0.500. The molecule has 0 heterocycles. The third kappa shape index (κ3) is 5.80. The Morgan fingerprint density at radius 2 is 0.694 bits per heavy atom. The van der Waals surface area contributed by atoms with Crippen LogP contribution in [-0.2, 0) is 0 Å². The SMILES string of the molecule is CC(C)c1cc(C(C)C)c(-c2[c]c(-c3c(C(C)C)cc(C(C)C)cc3C(C)C)ccc2)c(C(C)C)c1. The van der Waals surface area contributed by atoms with Crippen LogP contribution in [0, 0.1) is 6.07 Å². The molecule has 36 heavy (non-hydrogen) atoms. The van der Waals surface area contributed by atoms with Gasteiger partial charge in [-0.2, -0.15) is 0 Å². The molecular weight excluding hydrogens is 432 g/mol. The van der Waals surface area contributed by atoms with Gasteiger partial charge in [-0.3, -0.25) is 0 Å². The molecule has 0 heteroatoms. The molecule has 0 bridgehead atoms. The molecule has 0 atom stereocenters. The summed E-state index contributed by atoms with van der Waals surface area (Å²) in [5.41, 5.74) is 13.9. The van der Waals surface area contributed by atoms with Gasteiger partial charge in [-0.1, -0.05) is 126 Å². The van der Waals surface area contributed by atoms with Crippen LogP contribution in [0.3, 0.4) is 0 Å². The molecule has 0 aliphatic heterocycles. The second kappa shape index (κ2) is 11.4. The van der Waals surface area contributed by atoms with E-state index >= 15 is 0 Å². The lowest BCUT2D eigenvalue weighted by Crippen LogP contribution is -2.05. The Hall–Kier alpha value is -2.34. The fourth-order valence-corrected chi connectivity index (χ4v) is 5.29. The van der Waals surface area contributed by atoms with Crippen LogP contribution in [0.4, 0.5) is 0 Å². The van der Waals surface area contributed by atoms with Crippen LogP contribution in [-0.4, -0.2) is 0 Å². The molecule has 0 aliphatic carbocycles. The highest BCUT2D eigenvalue weighted by Gasteiger charge is 2.22. The lowest BCUT2D eigenvalue weighted by Gasteiger charge is -2.25. The molecule has 3 aromatic carbocycles. The van der Waals surface area contributed by atoms with Crippen LogP contribution in [0.1, 0.15) is 152 Å². The van der Waals surface area contributed by atoms with Crippen LogP contribution >= 0.6 is 0 Å². The minimum atomic E-state index is 0.455. The van der Waals surface area contributed by atoms with Crippen molar-refractivity contribution in [2.24, 2.45) is 0 Å². The van der Waals surface area contributed by atoms with E-state index in [1.54, 1.807) is 0 Å². The van der Waals surface area contributed by atoms with Gasteiger partial charge >= 0.3 is 0 Å². The molecule has 0 saturated carbocycles. The largest absolute Gasteiger partial charge is 0.0610 e.